The number of aryl methyl sites for hydroxylation is 1. The molecule has 0 aliphatic carbocycles. The molecule has 0 spiro atoms. The standard InChI is InChI=1S/C17H17N/c1-14-8-6-12-17(15(14)2)18-13-7-11-16-9-4-3-5-10-16/h3-6,8-10,12,18H,13H2,1-2H3. The minimum Gasteiger partial charge on any atom is -0.374 e. The van der Waals surface area contributed by atoms with Crippen LogP contribution in [0.5, 0.6) is 0 Å². The van der Waals surface area contributed by atoms with E-state index < -0.39 is 0 Å². The first-order valence-corrected chi connectivity index (χ1v) is 6.11. The van der Waals surface area contributed by atoms with Gasteiger partial charge in [0.2, 0.25) is 0 Å². The Labute approximate surface area is 109 Å². The molecule has 0 radical (unpaired) electrons. The second-order valence-electron chi connectivity index (χ2n) is 4.27. The Bertz CT molecular complexity index is 574. The van der Waals surface area contributed by atoms with E-state index in [2.05, 4.69) is 49.2 Å². The molecule has 2 aromatic carbocycles. The lowest BCUT2D eigenvalue weighted by atomic mass is 10.1. The van der Waals surface area contributed by atoms with Gasteiger partial charge in [-0.15, -0.1) is 0 Å². The SMILES string of the molecule is Cc1cccc(NCC#Cc2ccccc2)c1C. The van der Waals surface area contributed by atoms with E-state index in [1.54, 1.807) is 0 Å². The lowest BCUT2D eigenvalue weighted by Gasteiger charge is -2.08. The molecule has 0 unspecified atom stereocenters. The van der Waals surface area contributed by atoms with Crippen molar-refractivity contribution in [1.82, 2.24) is 0 Å². The first-order valence-electron chi connectivity index (χ1n) is 6.11. The molecular weight excluding hydrogens is 218 g/mol. The minimum atomic E-state index is 0.666. The van der Waals surface area contributed by atoms with Crippen molar-refractivity contribution in [2.45, 2.75) is 13.8 Å². The average molecular weight is 235 g/mol. The number of benzene rings is 2. The maximum atomic E-state index is 3.35. The third-order valence-corrected chi connectivity index (χ3v) is 2.98. The summed E-state index contributed by atoms with van der Waals surface area (Å²) in [5.74, 6) is 6.27. The summed E-state index contributed by atoms with van der Waals surface area (Å²) in [5, 5.41) is 3.35. The third-order valence-electron chi connectivity index (χ3n) is 2.98. The maximum Gasteiger partial charge on any atom is 0.0769 e. The average Bonchev–Trinajstić information content (AvgIpc) is 2.40. The lowest BCUT2D eigenvalue weighted by molar-refractivity contribution is 1.28. The highest BCUT2D eigenvalue weighted by atomic mass is 14.9. The van der Waals surface area contributed by atoms with Crippen molar-refractivity contribution < 1.29 is 0 Å². The molecule has 0 aliphatic rings. The van der Waals surface area contributed by atoms with Crippen LogP contribution in [0.4, 0.5) is 5.69 Å². The maximum absolute atomic E-state index is 3.35. The molecule has 0 fully saturated rings. The molecule has 2 rings (SSSR count). The van der Waals surface area contributed by atoms with Crippen molar-refractivity contribution in [1.29, 1.82) is 0 Å². The van der Waals surface area contributed by atoms with Crippen LogP contribution >= 0.6 is 0 Å². The van der Waals surface area contributed by atoms with Gasteiger partial charge in [0, 0.05) is 11.3 Å². The minimum absolute atomic E-state index is 0.666. The van der Waals surface area contributed by atoms with Gasteiger partial charge in [-0.05, 0) is 43.2 Å². The van der Waals surface area contributed by atoms with E-state index in [9.17, 15) is 0 Å². The second kappa shape index (κ2) is 5.93. The van der Waals surface area contributed by atoms with Crippen molar-refractivity contribution in [2.75, 3.05) is 11.9 Å². The monoisotopic (exact) mass is 235 g/mol. The lowest BCUT2D eigenvalue weighted by Crippen LogP contribution is -2.01. The fourth-order valence-electron chi connectivity index (χ4n) is 1.75. The quantitative estimate of drug-likeness (QED) is 0.781. The Kier molecular flexibility index (Phi) is 4.04. The van der Waals surface area contributed by atoms with Crippen molar-refractivity contribution in [3.05, 3.63) is 65.2 Å². The Hall–Kier alpha value is -2.20. The smallest absolute Gasteiger partial charge is 0.0769 e. The van der Waals surface area contributed by atoms with Gasteiger partial charge in [-0.2, -0.15) is 0 Å². The van der Waals surface area contributed by atoms with Crippen LogP contribution in [-0.4, -0.2) is 6.54 Å². The Morgan fingerprint density at radius 1 is 0.944 bits per heavy atom. The summed E-state index contributed by atoms with van der Waals surface area (Å²) in [7, 11) is 0. The molecule has 0 bridgehead atoms. The first kappa shape index (κ1) is 12.3. The van der Waals surface area contributed by atoms with Gasteiger partial charge >= 0.3 is 0 Å². The van der Waals surface area contributed by atoms with Crippen LogP contribution in [0.25, 0.3) is 0 Å². The molecular formula is C17H17N. The Morgan fingerprint density at radius 3 is 2.50 bits per heavy atom. The largest absolute Gasteiger partial charge is 0.374 e. The van der Waals surface area contributed by atoms with Gasteiger partial charge in [0.25, 0.3) is 0 Å². The summed E-state index contributed by atoms with van der Waals surface area (Å²) in [6, 6.07) is 16.3. The Balaban J connectivity index is 1.97. The fourth-order valence-corrected chi connectivity index (χ4v) is 1.75. The van der Waals surface area contributed by atoms with Crippen LogP contribution in [-0.2, 0) is 0 Å². The predicted octanol–water partition coefficient (Wildman–Crippen LogP) is 3.77. The zero-order chi connectivity index (χ0) is 12.8. The van der Waals surface area contributed by atoms with E-state index >= 15 is 0 Å². The number of rotatable bonds is 2. The molecule has 2 aromatic rings. The number of hydrogen-bond donors (Lipinski definition) is 1. The summed E-state index contributed by atoms with van der Waals surface area (Å²) in [6.45, 7) is 4.91. The summed E-state index contributed by atoms with van der Waals surface area (Å²) < 4.78 is 0. The topological polar surface area (TPSA) is 12.0 Å². The normalized spacial score (nSPS) is 9.44. The predicted molar refractivity (Wildman–Crippen MR) is 77.7 cm³/mol. The van der Waals surface area contributed by atoms with E-state index in [-0.39, 0.29) is 0 Å². The summed E-state index contributed by atoms with van der Waals surface area (Å²) in [5.41, 5.74) is 4.81. The van der Waals surface area contributed by atoms with Crippen molar-refractivity contribution in [3.63, 3.8) is 0 Å². The molecule has 1 nitrogen and oxygen atoms in total. The number of anilines is 1. The summed E-state index contributed by atoms with van der Waals surface area (Å²) in [6.07, 6.45) is 0. The number of hydrogen-bond acceptors (Lipinski definition) is 1. The third kappa shape index (κ3) is 3.15. The first-order chi connectivity index (χ1) is 8.77. The van der Waals surface area contributed by atoms with Gasteiger partial charge in [0.05, 0.1) is 6.54 Å². The van der Waals surface area contributed by atoms with Crippen molar-refractivity contribution in [3.8, 4) is 11.8 Å². The van der Waals surface area contributed by atoms with Gasteiger partial charge in [-0.3, -0.25) is 0 Å². The second-order valence-corrected chi connectivity index (χ2v) is 4.27. The van der Waals surface area contributed by atoms with Crippen LogP contribution in [0, 0.1) is 25.7 Å². The molecule has 18 heavy (non-hydrogen) atoms. The molecule has 1 heteroatoms. The zero-order valence-corrected chi connectivity index (χ0v) is 10.8. The van der Waals surface area contributed by atoms with E-state index in [1.165, 1.54) is 11.1 Å². The van der Waals surface area contributed by atoms with Crippen molar-refractivity contribution >= 4 is 5.69 Å². The van der Waals surface area contributed by atoms with E-state index in [4.69, 9.17) is 0 Å². The molecule has 1 N–H and O–H groups in total. The van der Waals surface area contributed by atoms with Gasteiger partial charge in [-0.1, -0.05) is 42.2 Å². The van der Waals surface area contributed by atoms with Crippen LogP contribution in [0.3, 0.4) is 0 Å². The van der Waals surface area contributed by atoms with E-state index in [0.29, 0.717) is 6.54 Å². The molecule has 0 heterocycles. The van der Waals surface area contributed by atoms with Gasteiger partial charge in [-0.25, -0.2) is 0 Å². The highest BCUT2D eigenvalue weighted by Crippen LogP contribution is 2.17. The fraction of sp³-hybridized carbons (Fsp3) is 0.176. The molecule has 0 atom stereocenters. The van der Waals surface area contributed by atoms with Crippen LogP contribution in [0.1, 0.15) is 16.7 Å². The van der Waals surface area contributed by atoms with E-state index in [0.717, 1.165) is 11.3 Å². The molecule has 0 saturated heterocycles. The van der Waals surface area contributed by atoms with Gasteiger partial charge in [0.1, 0.15) is 0 Å². The molecule has 0 amide bonds. The molecule has 0 aromatic heterocycles. The van der Waals surface area contributed by atoms with Gasteiger partial charge in [0.15, 0.2) is 0 Å². The molecule has 90 valence electrons. The van der Waals surface area contributed by atoms with Crippen LogP contribution in [0.15, 0.2) is 48.5 Å². The number of nitrogens with one attached hydrogen (secondary N) is 1. The zero-order valence-electron chi connectivity index (χ0n) is 10.8. The van der Waals surface area contributed by atoms with Crippen LogP contribution < -0.4 is 5.32 Å². The highest BCUT2D eigenvalue weighted by molar-refractivity contribution is 5.54. The van der Waals surface area contributed by atoms with E-state index in [1.807, 2.05) is 30.3 Å². The Morgan fingerprint density at radius 2 is 1.72 bits per heavy atom. The highest BCUT2D eigenvalue weighted by Gasteiger charge is 1.97. The van der Waals surface area contributed by atoms with Gasteiger partial charge < -0.3 is 5.32 Å². The molecule has 0 aliphatic heterocycles. The van der Waals surface area contributed by atoms with Crippen LogP contribution in [0.2, 0.25) is 0 Å². The summed E-state index contributed by atoms with van der Waals surface area (Å²) >= 11 is 0. The van der Waals surface area contributed by atoms with Crippen molar-refractivity contribution in [2.24, 2.45) is 0 Å². The molecule has 0 saturated carbocycles. The summed E-state index contributed by atoms with van der Waals surface area (Å²) in [4.78, 5) is 0.